The smallest absolute Gasteiger partial charge is 0.252 e. The van der Waals surface area contributed by atoms with Crippen molar-refractivity contribution < 1.29 is 0 Å². The van der Waals surface area contributed by atoms with E-state index in [1.54, 1.807) is 0 Å². The van der Waals surface area contributed by atoms with Gasteiger partial charge in [0.25, 0.3) is 6.71 Å². The van der Waals surface area contributed by atoms with Crippen molar-refractivity contribution in [3.63, 3.8) is 0 Å². The van der Waals surface area contributed by atoms with E-state index in [0.717, 1.165) is 106 Å². The number of benzene rings is 14. The number of anilines is 6. The lowest BCUT2D eigenvalue weighted by molar-refractivity contribution is 0.590. The van der Waals surface area contributed by atoms with Gasteiger partial charge in [-0.3, -0.25) is 0 Å². The van der Waals surface area contributed by atoms with Crippen molar-refractivity contribution >= 4 is 79.0 Å². The highest BCUT2D eigenvalue weighted by Gasteiger charge is 2.47. The summed E-state index contributed by atoms with van der Waals surface area (Å²) in [6.45, 7) is 6.92. The summed E-state index contributed by atoms with van der Waals surface area (Å²) in [6, 6.07) is 124. The van der Waals surface area contributed by atoms with Crippen LogP contribution in [0.1, 0.15) is 26.3 Å². The molecule has 0 saturated heterocycles. The molecule has 0 unspecified atom stereocenters. The maximum atomic E-state index is 2.75. The SMILES string of the molecule is CC(C)(C)c1cc2c3c(c1)N(c1c(-c4ccccc4)cccc1-c1ccccc1)c1c(ccc4c1c1ccccc1n4-c1c(-c4ccccc4)cccc1-c1ccccc1)B3c1cc(-c3ccccc3)ccc1N2c1c(-c2ccccc2)cccc1-c1ccccc1. The van der Waals surface area contributed by atoms with Gasteiger partial charge in [0.05, 0.1) is 33.8 Å². The second kappa shape index (κ2) is 22.2. The van der Waals surface area contributed by atoms with E-state index in [9.17, 15) is 0 Å². The normalized spacial score (nSPS) is 12.4. The second-order valence-corrected chi connectivity index (χ2v) is 25.5. The molecule has 0 aliphatic carbocycles. The molecule has 2 aliphatic heterocycles. The van der Waals surface area contributed by atoms with Crippen LogP contribution >= 0.6 is 0 Å². The van der Waals surface area contributed by atoms with Crippen LogP contribution in [0.5, 0.6) is 0 Å². The maximum Gasteiger partial charge on any atom is 0.252 e. The molecule has 15 aromatic rings. The van der Waals surface area contributed by atoms with Gasteiger partial charge in [0, 0.05) is 61.2 Å². The van der Waals surface area contributed by atoms with E-state index in [1.807, 2.05) is 0 Å². The number of hydrogen-bond acceptors (Lipinski definition) is 2. The van der Waals surface area contributed by atoms with Crippen LogP contribution in [0.25, 0.3) is 105 Å². The molecule has 3 heterocycles. The Bertz CT molecular complexity index is 5120. The lowest BCUT2D eigenvalue weighted by atomic mass is 9.33. The highest BCUT2D eigenvalue weighted by atomic mass is 15.2. The van der Waals surface area contributed by atoms with Gasteiger partial charge in [-0.05, 0) is 102 Å². The first-order valence-corrected chi connectivity index (χ1v) is 32.1. The number of aromatic nitrogens is 1. The van der Waals surface area contributed by atoms with Crippen molar-refractivity contribution in [1.82, 2.24) is 4.57 Å². The van der Waals surface area contributed by atoms with Gasteiger partial charge in [-0.25, -0.2) is 0 Å². The molecular formula is C88H64BN3. The molecule has 434 valence electrons. The van der Waals surface area contributed by atoms with Crippen molar-refractivity contribution in [2.24, 2.45) is 0 Å². The van der Waals surface area contributed by atoms with E-state index in [0.29, 0.717) is 0 Å². The molecule has 0 N–H and O–H groups in total. The molecule has 2 aliphatic rings. The van der Waals surface area contributed by atoms with Gasteiger partial charge >= 0.3 is 0 Å². The van der Waals surface area contributed by atoms with Crippen LogP contribution in [0.15, 0.2) is 334 Å². The van der Waals surface area contributed by atoms with Crippen LogP contribution in [0.2, 0.25) is 0 Å². The molecule has 1 aromatic heterocycles. The van der Waals surface area contributed by atoms with Gasteiger partial charge in [0.15, 0.2) is 0 Å². The summed E-state index contributed by atoms with van der Waals surface area (Å²) in [5, 5.41) is 2.37. The van der Waals surface area contributed by atoms with Crippen molar-refractivity contribution in [2.45, 2.75) is 26.2 Å². The fraction of sp³-hybridized carbons (Fsp3) is 0.0455. The minimum atomic E-state index is -0.296. The summed E-state index contributed by atoms with van der Waals surface area (Å²) in [6.07, 6.45) is 0. The number of fused-ring (bicyclic) bond motifs is 8. The Morgan fingerprint density at radius 1 is 0.261 bits per heavy atom. The minimum Gasteiger partial charge on any atom is -0.310 e. The lowest BCUT2D eigenvalue weighted by Gasteiger charge is -2.46. The van der Waals surface area contributed by atoms with Crippen LogP contribution in [-0.2, 0) is 5.41 Å². The molecule has 0 spiro atoms. The summed E-state index contributed by atoms with van der Waals surface area (Å²) in [4.78, 5) is 5.41. The molecule has 0 radical (unpaired) electrons. The van der Waals surface area contributed by atoms with Gasteiger partial charge in [0.2, 0.25) is 0 Å². The lowest BCUT2D eigenvalue weighted by Crippen LogP contribution is -2.61. The van der Waals surface area contributed by atoms with E-state index in [4.69, 9.17) is 0 Å². The van der Waals surface area contributed by atoms with Crippen molar-refractivity contribution in [1.29, 1.82) is 0 Å². The van der Waals surface area contributed by atoms with Crippen molar-refractivity contribution in [3.05, 3.63) is 339 Å². The Balaban J connectivity index is 1.08. The molecule has 0 amide bonds. The maximum absolute atomic E-state index is 2.75. The van der Waals surface area contributed by atoms with Crippen LogP contribution in [-0.4, -0.2) is 11.3 Å². The molecular weight excluding hydrogens is 1110 g/mol. The van der Waals surface area contributed by atoms with Crippen molar-refractivity contribution in [2.75, 3.05) is 9.80 Å². The zero-order chi connectivity index (χ0) is 61.4. The van der Waals surface area contributed by atoms with Crippen LogP contribution in [0.3, 0.4) is 0 Å². The molecule has 0 saturated carbocycles. The monoisotopic (exact) mass is 1170 g/mol. The molecule has 0 atom stereocenters. The molecule has 4 heteroatoms. The van der Waals surface area contributed by atoms with Gasteiger partial charge in [-0.1, -0.05) is 324 Å². The Kier molecular flexibility index (Phi) is 13.2. The zero-order valence-corrected chi connectivity index (χ0v) is 51.7. The number of para-hydroxylation sites is 4. The third kappa shape index (κ3) is 8.96. The Morgan fingerprint density at radius 2 is 0.641 bits per heavy atom. The quantitative estimate of drug-likeness (QED) is 0.126. The number of rotatable bonds is 10. The summed E-state index contributed by atoms with van der Waals surface area (Å²) < 4.78 is 2.59. The molecule has 14 aromatic carbocycles. The summed E-state index contributed by atoms with van der Waals surface area (Å²) in [7, 11) is 0. The van der Waals surface area contributed by atoms with E-state index in [2.05, 4.69) is 369 Å². The van der Waals surface area contributed by atoms with E-state index in [-0.39, 0.29) is 12.1 Å². The minimum absolute atomic E-state index is 0.230. The van der Waals surface area contributed by atoms with Gasteiger partial charge in [0.1, 0.15) is 0 Å². The van der Waals surface area contributed by atoms with Gasteiger partial charge in [-0.2, -0.15) is 0 Å². The summed E-state index contributed by atoms with van der Waals surface area (Å²) >= 11 is 0. The Hall–Kier alpha value is -11.5. The van der Waals surface area contributed by atoms with Crippen LogP contribution in [0, 0.1) is 0 Å². The first-order valence-electron chi connectivity index (χ1n) is 32.1. The molecule has 92 heavy (non-hydrogen) atoms. The fourth-order valence-corrected chi connectivity index (χ4v) is 15.0. The number of hydrogen-bond donors (Lipinski definition) is 0. The van der Waals surface area contributed by atoms with Crippen LogP contribution < -0.4 is 26.2 Å². The summed E-state index contributed by atoms with van der Waals surface area (Å²) in [5.41, 5.74) is 31.2. The Labute approximate surface area is 539 Å². The van der Waals surface area contributed by atoms with E-state index >= 15 is 0 Å². The largest absolute Gasteiger partial charge is 0.310 e. The van der Waals surface area contributed by atoms with E-state index < -0.39 is 0 Å². The van der Waals surface area contributed by atoms with E-state index in [1.165, 1.54) is 55.2 Å². The topological polar surface area (TPSA) is 11.4 Å². The predicted molar refractivity (Wildman–Crippen MR) is 392 cm³/mol. The second-order valence-electron chi connectivity index (χ2n) is 25.5. The Morgan fingerprint density at radius 3 is 1.08 bits per heavy atom. The third-order valence-corrected chi connectivity index (χ3v) is 19.1. The summed E-state index contributed by atoms with van der Waals surface area (Å²) in [5.74, 6) is 0. The molecule has 0 bridgehead atoms. The van der Waals surface area contributed by atoms with Gasteiger partial charge in [-0.15, -0.1) is 0 Å². The average Bonchev–Trinajstić information content (AvgIpc) is 1.14. The standard InChI is InChI=1S/C88H64BN3/c1-88(2,3)67-57-80-83-81(58-67)92(86-72(64-40-21-9-22-41-64)49-29-50-73(86)65-42-23-10-24-43-65)87-75(53-55-79-82(87)74-44-25-26-51-77(74)90(79)84-68(60-32-13-5-14-33-60)45-27-46-69(84)61-34-15-6-16-35-61)89(83)76-56-66(59-30-11-4-12-31-59)52-54-78(76)91(80)85-70(62-36-17-7-18-37-62)47-28-48-71(85)63-38-19-8-20-39-63/h4-58H,1-3H3. The van der Waals surface area contributed by atoms with Gasteiger partial charge < -0.3 is 14.4 Å². The third-order valence-electron chi connectivity index (χ3n) is 19.1. The predicted octanol–water partition coefficient (Wildman–Crippen LogP) is 21.8. The fourth-order valence-electron chi connectivity index (χ4n) is 15.0. The zero-order valence-electron chi connectivity index (χ0n) is 51.7. The average molecular weight is 1170 g/mol. The molecule has 3 nitrogen and oxygen atoms in total. The first kappa shape index (κ1) is 54.7. The first-order chi connectivity index (χ1) is 45.4. The highest BCUT2D eigenvalue weighted by Crippen LogP contribution is 2.56. The molecule has 0 fully saturated rings. The van der Waals surface area contributed by atoms with Crippen molar-refractivity contribution in [3.8, 4) is 83.6 Å². The van der Waals surface area contributed by atoms with Crippen LogP contribution in [0.4, 0.5) is 34.1 Å². The number of nitrogens with zero attached hydrogens (tertiary/aromatic N) is 3. The molecule has 17 rings (SSSR count). The highest BCUT2D eigenvalue weighted by molar-refractivity contribution is 7.00.